The largest absolute Gasteiger partial charge is 0.264 e. The van der Waals surface area contributed by atoms with Crippen molar-refractivity contribution in [2.45, 2.75) is 51.4 Å². The average molecular weight is 379 g/mol. The van der Waals surface area contributed by atoms with E-state index >= 15 is 0 Å². The van der Waals surface area contributed by atoms with Crippen LogP contribution in [0.3, 0.4) is 0 Å². The van der Waals surface area contributed by atoms with Gasteiger partial charge in [-0.25, -0.2) is 0 Å². The molecule has 2 heterocycles. The lowest BCUT2D eigenvalue weighted by Gasteiger charge is -2.38. The summed E-state index contributed by atoms with van der Waals surface area (Å²) >= 11 is 0. The van der Waals surface area contributed by atoms with Gasteiger partial charge in [0.05, 0.1) is 5.69 Å². The van der Waals surface area contributed by atoms with Crippen molar-refractivity contribution >= 4 is 21.5 Å². The Bertz CT molecular complexity index is 1260. The van der Waals surface area contributed by atoms with E-state index in [2.05, 4.69) is 67.6 Å². The summed E-state index contributed by atoms with van der Waals surface area (Å²) in [6, 6.07) is 13.6. The maximum atomic E-state index is 5.06. The second-order valence-electron chi connectivity index (χ2n) is 9.38. The summed E-state index contributed by atoms with van der Waals surface area (Å²) < 4.78 is 0. The van der Waals surface area contributed by atoms with Crippen molar-refractivity contribution < 1.29 is 0 Å². The fourth-order valence-corrected chi connectivity index (χ4v) is 5.97. The molecule has 0 bridgehead atoms. The summed E-state index contributed by atoms with van der Waals surface area (Å²) in [5.41, 5.74) is 6.86. The number of fused-ring (bicyclic) bond motifs is 6. The second kappa shape index (κ2) is 6.13. The molecular weight excluding hydrogens is 352 g/mol. The molecule has 0 N–H and O–H groups in total. The number of hydrogen-bond donors (Lipinski definition) is 0. The van der Waals surface area contributed by atoms with Gasteiger partial charge in [-0.3, -0.25) is 9.97 Å². The lowest BCUT2D eigenvalue weighted by Crippen LogP contribution is -2.29. The predicted octanol–water partition coefficient (Wildman–Crippen LogP) is 6.82. The molecule has 2 heteroatoms. The lowest BCUT2D eigenvalue weighted by molar-refractivity contribution is 0.539. The number of pyridine rings is 2. The van der Waals surface area contributed by atoms with Gasteiger partial charge in [0.1, 0.15) is 0 Å². The molecule has 0 atom stereocenters. The van der Waals surface area contributed by atoms with Gasteiger partial charge in [0.25, 0.3) is 0 Å². The Morgan fingerprint density at radius 2 is 1.83 bits per heavy atom. The third-order valence-corrected chi connectivity index (χ3v) is 7.09. The van der Waals surface area contributed by atoms with Gasteiger partial charge < -0.3 is 0 Å². The molecule has 0 unspecified atom stereocenters. The maximum Gasteiger partial charge on any atom is 0.0755 e. The molecule has 0 saturated heterocycles. The summed E-state index contributed by atoms with van der Waals surface area (Å²) in [5, 5.41) is 5.29. The molecule has 29 heavy (non-hydrogen) atoms. The van der Waals surface area contributed by atoms with Gasteiger partial charge >= 0.3 is 0 Å². The van der Waals surface area contributed by atoms with Crippen molar-refractivity contribution in [3.63, 3.8) is 0 Å². The van der Waals surface area contributed by atoms with Gasteiger partial charge in [0.2, 0.25) is 0 Å². The van der Waals surface area contributed by atoms with E-state index in [-0.39, 0.29) is 5.41 Å². The molecule has 1 spiro atoms. The van der Waals surface area contributed by atoms with Gasteiger partial charge in [0.15, 0.2) is 0 Å². The number of nitrogens with zero attached hydrogens (tertiary/aromatic N) is 2. The molecule has 144 valence electrons. The topological polar surface area (TPSA) is 25.8 Å². The molecule has 2 aromatic heterocycles. The Morgan fingerprint density at radius 1 is 0.966 bits per heavy atom. The quantitative estimate of drug-likeness (QED) is 0.382. The molecule has 1 saturated carbocycles. The zero-order chi connectivity index (χ0) is 19.6. The number of aromatic nitrogens is 2. The Balaban J connectivity index is 1.76. The SMILES string of the molecule is CC(C)Cc1ccc2cnc3c(c2c1)C1(CCCC1)c1cncc2cccc-3c12. The zero-order valence-corrected chi connectivity index (χ0v) is 17.2. The van der Waals surface area contributed by atoms with Crippen LogP contribution in [0.15, 0.2) is 55.0 Å². The van der Waals surface area contributed by atoms with E-state index < -0.39 is 0 Å². The summed E-state index contributed by atoms with van der Waals surface area (Å²) in [4.78, 5) is 9.73. The molecule has 2 aliphatic rings. The standard InChI is InChI=1S/C27H26N2/c1-17(2)12-18-8-9-19-15-29-26-21-7-5-6-20-14-28-16-23(24(20)21)27(10-3-4-11-27)25(26)22(19)13-18/h5-9,13-17H,3-4,10-12H2,1-2H3. The highest BCUT2D eigenvalue weighted by molar-refractivity contribution is 6.05. The highest BCUT2D eigenvalue weighted by atomic mass is 14.7. The van der Waals surface area contributed by atoms with E-state index in [1.165, 1.54) is 75.2 Å². The summed E-state index contributed by atoms with van der Waals surface area (Å²) in [6.07, 6.45) is 12.3. The molecule has 0 aliphatic heterocycles. The van der Waals surface area contributed by atoms with Crippen LogP contribution in [0, 0.1) is 5.92 Å². The van der Waals surface area contributed by atoms with Crippen LogP contribution in [0.2, 0.25) is 0 Å². The first-order chi connectivity index (χ1) is 14.2. The van der Waals surface area contributed by atoms with Crippen LogP contribution in [0.25, 0.3) is 32.8 Å². The fraction of sp³-hybridized carbons (Fsp3) is 0.333. The van der Waals surface area contributed by atoms with Crippen molar-refractivity contribution in [3.8, 4) is 11.3 Å². The summed E-state index contributed by atoms with van der Waals surface area (Å²) in [5.74, 6) is 0.657. The smallest absolute Gasteiger partial charge is 0.0755 e. The van der Waals surface area contributed by atoms with Gasteiger partial charge in [0, 0.05) is 40.3 Å². The van der Waals surface area contributed by atoms with Gasteiger partial charge in [-0.1, -0.05) is 63.1 Å². The molecule has 0 radical (unpaired) electrons. The molecule has 2 aliphatic carbocycles. The van der Waals surface area contributed by atoms with Crippen molar-refractivity contribution in [1.29, 1.82) is 0 Å². The highest BCUT2D eigenvalue weighted by Gasteiger charge is 2.45. The Labute approximate surface area is 172 Å². The van der Waals surface area contributed by atoms with E-state index in [0.29, 0.717) is 5.92 Å². The Morgan fingerprint density at radius 3 is 2.66 bits per heavy atom. The van der Waals surface area contributed by atoms with Gasteiger partial charge in [-0.15, -0.1) is 0 Å². The average Bonchev–Trinajstić information content (AvgIpc) is 3.21. The normalized spacial score (nSPS) is 16.8. The molecule has 1 fully saturated rings. The van der Waals surface area contributed by atoms with Crippen molar-refractivity contribution in [1.82, 2.24) is 9.97 Å². The van der Waals surface area contributed by atoms with Crippen LogP contribution in [0.5, 0.6) is 0 Å². The summed E-state index contributed by atoms with van der Waals surface area (Å²) in [7, 11) is 0. The third-order valence-electron chi connectivity index (χ3n) is 7.09. The lowest BCUT2D eigenvalue weighted by atomic mass is 9.66. The Hall–Kier alpha value is -2.74. The minimum absolute atomic E-state index is 0.0547. The van der Waals surface area contributed by atoms with Crippen molar-refractivity contribution in [3.05, 3.63) is 71.7 Å². The number of rotatable bonds is 2. The van der Waals surface area contributed by atoms with Crippen LogP contribution in [0.4, 0.5) is 0 Å². The molecule has 2 aromatic carbocycles. The van der Waals surface area contributed by atoms with Crippen LogP contribution < -0.4 is 0 Å². The minimum Gasteiger partial charge on any atom is -0.264 e. The monoisotopic (exact) mass is 378 g/mol. The molecular formula is C27H26N2. The van der Waals surface area contributed by atoms with E-state index in [9.17, 15) is 0 Å². The van der Waals surface area contributed by atoms with Crippen LogP contribution in [0.1, 0.15) is 56.2 Å². The van der Waals surface area contributed by atoms with Crippen LogP contribution in [-0.2, 0) is 11.8 Å². The summed E-state index contributed by atoms with van der Waals surface area (Å²) in [6.45, 7) is 4.60. The van der Waals surface area contributed by atoms with Gasteiger partial charge in [-0.05, 0) is 52.6 Å². The van der Waals surface area contributed by atoms with E-state index in [1.807, 2.05) is 6.20 Å². The first-order valence-electron chi connectivity index (χ1n) is 11.0. The minimum atomic E-state index is 0.0547. The van der Waals surface area contributed by atoms with Crippen LogP contribution in [-0.4, -0.2) is 9.97 Å². The second-order valence-corrected chi connectivity index (χ2v) is 9.38. The third kappa shape index (κ3) is 2.35. The molecule has 6 rings (SSSR count). The fourth-order valence-electron chi connectivity index (χ4n) is 5.97. The molecule has 2 nitrogen and oxygen atoms in total. The first kappa shape index (κ1) is 17.1. The van der Waals surface area contributed by atoms with E-state index in [4.69, 9.17) is 4.98 Å². The maximum absolute atomic E-state index is 5.06. The number of benzene rings is 2. The van der Waals surface area contributed by atoms with E-state index in [0.717, 1.165) is 6.42 Å². The highest BCUT2D eigenvalue weighted by Crippen LogP contribution is 2.56. The Kier molecular flexibility index (Phi) is 3.62. The molecule has 0 amide bonds. The van der Waals surface area contributed by atoms with E-state index in [1.54, 1.807) is 0 Å². The number of hydrogen-bond acceptors (Lipinski definition) is 2. The molecule has 4 aromatic rings. The van der Waals surface area contributed by atoms with Crippen molar-refractivity contribution in [2.24, 2.45) is 5.92 Å². The predicted molar refractivity (Wildman–Crippen MR) is 120 cm³/mol. The zero-order valence-electron chi connectivity index (χ0n) is 17.2. The van der Waals surface area contributed by atoms with Gasteiger partial charge in [-0.2, -0.15) is 0 Å². The van der Waals surface area contributed by atoms with Crippen molar-refractivity contribution in [2.75, 3.05) is 0 Å². The first-order valence-corrected chi connectivity index (χ1v) is 11.0. The van der Waals surface area contributed by atoms with Crippen LogP contribution >= 0.6 is 0 Å².